The molecule has 0 fully saturated rings. The first-order valence-corrected chi connectivity index (χ1v) is 7.35. The van der Waals surface area contributed by atoms with Gasteiger partial charge in [-0.2, -0.15) is 0 Å². The third-order valence-electron chi connectivity index (χ3n) is 2.56. The van der Waals surface area contributed by atoms with Crippen LogP contribution < -0.4 is 5.32 Å². The van der Waals surface area contributed by atoms with E-state index in [2.05, 4.69) is 5.32 Å². The van der Waals surface area contributed by atoms with Crippen LogP contribution in [0.1, 0.15) is 19.4 Å². The van der Waals surface area contributed by atoms with E-state index >= 15 is 0 Å². The molecule has 6 heteroatoms. The number of carboxylic acids is 1. The molecule has 1 rings (SSSR count). The Labute approximate surface area is 122 Å². The molecule has 0 aliphatic rings. The number of carbonyl (C=O) groups excluding carboxylic acids is 1. The molecule has 1 amide bonds. The highest BCUT2D eigenvalue weighted by Crippen LogP contribution is 2.12. The number of aromatic hydroxyl groups is 1. The predicted octanol–water partition coefficient (Wildman–Crippen LogP) is 1.65. The van der Waals surface area contributed by atoms with Crippen molar-refractivity contribution in [2.24, 2.45) is 0 Å². The molecule has 1 atom stereocenters. The van der Waals surface area contributed by atoms with Crippen LogP contribution in [0.25, 0.3) is 0 Å². The maximum absolute atomic E-state index is 11.7. The van der Waals surface area contributed by atoms with Gasteiger partial charge in [-0.1, -0.05) is 26.0 Å². The van der Waals surface area contributed by atoms with Crippen molar-refractivity contribution in [3.63, 3.8) is 0 Å². The van der Waals surface area contributed by atoms with Crippen molar-refractivity contribution in [2.75, 3.05) is 5.75 Å². The predicted molar refractivity (Wildman–Crippen MR) is 79.0 cm³/mol. The number of thioether (sulfide) groups is 1. The molecule has 110 valence electrons. The largest absolute Gasteiger partial charge is 0.508 e. The van der Waals surface area contributed by atoms with E-state index in [-0.39, 0.29) is 23.8 Å². The van der Waals surface area contributed by atoms with Gasteiger partial charge in [0.2, 0.25) is 5.91 Å². The van der Waals surface area contributed by atoms with E-state index in [0.29, 0.717) is 5.25 Å². The van der Waals surface area contributed by atoms with Gasteiger partial charge in [0.05, 0.1) is 5.75 Å². The normalized spacial score (nSPS) is 12.2. The first-order chi connectivity index (χ1) is 9.38. The molecule has 1 unspecified atom stereocenters. The molecule has 20 heavy (non-hydrogen) atoms. The van der Waals surface area contributed by atoms with Gasteiger partial charge in [0, 0.05) is 6.42 Å². The van der Waals surface area contributed by atoms with E-state index in [1.165, 1.54) is 23.9 Å². The number of aliphatic carboxylic acids is 1. The third kappa shape index (κ3) is 5.97. The quantitative estimate of drug-likeness (QED) is 0.712. The second-order valence-electron chi connectivity index (χ2n) is 4.69. The van der Waals surface area contributed by atoms with Crippen molar-refractivity contribution in [2.45, 2.75) is 31.6 Å². The number of nitrogens with one attached hydrogen (secondary N) is 1. The number of hydrogen-bond acceptors (Lipinski definition) is 4. The van der Waals surface area contributed by atoms with Gasteiger partial charge in [-0.3, -0.25) is 4.79 Å². The lowest BCUT2D eigenvalue weighted by atomic mass is 10.1. The van der Waals surface area contributed by atoms with Gasteiger partial charge in [-0.05, 0) is 22.9 Å². The number of carbonyl (C=O) groups is 2. The summed E-state index contributed by atoms with van der Waals surface area (Å²) >= 11 is 1.46. The van der Waals surface area contributed by atoms with Gasteiger partial charge in [-0.25, -0.2) is 4.79 Å². The van der Waals surface area contributed by atoms with Gasteiger partial charge >= 0.3 is 5.97 Å². The van der Waals surface area contributed by atoms with E-state index in [0.717, 1.165) is 5.56 Å². The molecule has 0 aliphatic carbocycles. The van der Waals surface area contributed by atoms with E-state index < -0.39 is 12.0 Å². The minimum atomic E-state index is -1.07. The van der Waals surface area contributed by atoms with Crippen LogP contribution in [0.5, 0.6) is 5.75 Å². The Kier molecular flexibility index (Phi) is 6.38. The molecular weight excluding hydrogens is 278 g/mol. The lowest BCUT2D eigenvalue weighted by Crippen LogP contribution is -2.43. The zero-order valence-corrected chi connectivity index (χ0v) is 12.3. The molecule has 0 saturated heterocycles. The highest BCUT2D eigenvalue weighted by Gasteiger charge is 2.20. The Morgan fingerprint density at radius 2 is 1.85 bits per heavy atom. The molecule has 0 saturated carbocycles. The Morgan fingerprint density at radius 3 is 2.35 bits per heavy atom. The molecule has 1 aromatic carbocycles. The van der Waals surface area contributed by atoms with E-state index in [4.69, 9.17) is 5.11 Å². The topological polar surface area (TPSA) is 86.6 Å². The van der Waals surface area contributed by atoms with E-state index in [1.54, 1.807) is 12.1 Å². The molecule has 0 heterocycles. The smallest absolute Gasteiger partial charge is 0.326 e. The summed E-state index contributed by atoms with van der Waals surface area (Å²) in [5, 5.41) is 21.2. The van der Waals surface area contributed by atoms with Crippen LogP contribution in [0.2, 0.25) is 0 Å². The van der Waals surface area contributed by atoms with Gasteiger partial charge in [-0.15, -0.1) is 11.8 Å². The maximum atomic E-state index is 11.7. The van der Waals surface area contributed by atoms with Crippen LogP contribution >= 0.6 is 11.8 Å². The van der Waals surface area contributed by atoms with E-state index in [1.807, 2.05) is 13.8 Å². The fraction of sp³-hybridized carbons (Fsp3) is 0.429. The monoisotopic (exact) mass is 297 g/mol. The summed E-state index contributed by atoms with van der Waals surface area (Å²) in [5.74, 6) is -0.981. The number of hydrogen-bond donors (Lipinski definition) is 3. The second kappa shape index (κ2) is 7.79. The summed E-state index contributed by atoms with van der Waals surface area (Å²) in [6.07, 6.45) is 0.188. The summed E-state index contributed by atoms with van der Waals surface area (Å²) in [4.78, 5) is 22.8. The lowest BCUT2D eigenvalue weighted by Gasteiger charge is -2.15. The van der Waals surface area contributed by atoms with Crippen molar-refractivity contribution in [1.29, 1.82) is 0 Å². The molecule has 0 radical (unpaired) electrons. The molecule has 0 bridgehead atoms. The van der Waals surface area contributed by atoms with Crippen LogP contribution in [-0.4, -0.2) is 39.1 Å². The zero-order chi connectivity index (χ0) is 15.1. The first kappa shape index (κ1) is 16.4. The lowest BCUT2D eigenvalue weighted by molar-refractivity contribution is -0.141. The van der Waals surface area contributed by atoms with Gasteiger partial charge in [0.25, 0.3) is 0 Å². The molecule has 0 aliphatic heterocycles. The fourth-order valence-corrected chi connectivity index (χ4v) is 2.11. The van der Waals surface area contributed by atoms with Crippen molar-refractivity contribution in [3.05, 3.63) is 29.8 Å². The van der Waals surface area contributed by atoms with Crippen LogP contribution in [0.4, 0.5) is 0 Å². The van der Waals surface area contributed by atoms with Gasteiger partial charge < -0.3 is 15.5 Å². The number of carboxylic acid groups (broad SMARTS) is 1. The Morgan fingerprint density at radius 1 is 1.25 bits per heavy atom. The van der Waals surface area contributed by atoms with Crippen LogP contribution in [-0.2, 0) is 16.0 Å². The molecule has 0 aromatic heterocycles. The zero-order valence-electron chi connectivity index (χ0n) is 11.5. The van der Waals surface area contributed by atoms with Crippen LogP contribution in [0, 0.1) is 0 Å². The number of benzene rings is 1. The third-order valence-corrected chi connectivity index (χ3v) is 3.65. The Bertz CT molecular complexity index is 459. The van der Waals surface area contributed by atoms with Crippen molar-refractivity contribution in [1.82, 2.24) is 5.32 Å². The summed E-state index contributed by atoms with van der Waals surface area (Å²) in [5.41, 5.74) is 0.743. The van der Waals surface area contributed by atoms with Crippen molar-refractivity contribution < 1.29 is 19.8 Å². The van der Waals surface area contributed by atoms with E-state index in [9.17, 15) is 14.7 Å². The molecule has 5 nitrogen and oxygen atoms in total. The molecule has 0 spiro atoms. The minimum Gasteiger partial charge on any atom is -0.508 e. The average Bonchev–Trinajstić information content (AvgIpc) is 2.38. The molecule has 1 aromatic rings. The maximum Gasteiger partial charge on any atom is 0.326 e. The Balaban J connectivity index is 2.58. The summed E-state index contributed by atoms with van der Waals surface area (Å²) in [6.45, 7) is 3.95. The number of rotatable bonds is 7. The van der Waals surface area contributed by atoms with Gasteiger partial charge in [0.15, 0.2) is 0 Å². The summed E-state index contributed by atoms with van der Waals surface area (Å²) < 4.78 is 0. The molecular formula is C14H19NO4S. The SMILES string of the molecule is CC(C)SCC(=O)NC(Cc1ccc(O)cc1)C(=O)O. The minimum absolute atomic E-state index is 0.123. The Hall–Kier alpha value is -1.69. The van der Waals surface area contributed by atoms with Crippen molar-refractivity contribution in [3.8, 4) is 5.75 Å². The van der Waals surface area contributed by atoms with Crippen LogP contribution in [0.15, 0.2) is 24.3 Å². The number of amides is 1. The number of phenolic OH excluding ortho intramolecular Hbond substituents is 1. The highest BCUT2D eigenvalue weighted by atomic mass is 32.2. The number of phenols is 1. The summed E-state index contributed by atoms with van der Waals surface area (Å²) in [7, 11) is 0. The molecule has 3 N–H and O–H groups in total. The fourth-order valence-electron chi connectivity index (χ4n) is 1.55. The second-order valence-corrected chi connectivity index (χ2v) is 6.25. The highest BCUT2D eigenvalue weighted by molar-refractivity contribution is 8.00. The van der Waals surface area contributed by atoms with Gasteiger partial charge in [0.1, 0.15) is 11.8 Å². The average molecular weight is 297 g/mol. The summed E-state index contributed by atoms with van der Waals surface area (Å²) in [6, 6.07) is 5.30. The van der Waals surface area contributed by atoms with Crippen LogP contribution in [0.3, 0.4) is 0 Å². The van der Waals surface area contributed by atoms with Crippen molar-refractivity contribution >= 4 is 23.6 Å². The first-order valence-electron chi connectivity index (χ1n) is 6.30. The standard InChI is InChI=1S/C14H19NO4S/c1-9(2)20-8-13(17)15-12(14(18)19)7-10-3-5-11(16)6-4-10/h3-6,9,12,16H,7-8H2,1-2H3,(H,15,17)(H,18,19).